The van der Waals surface area contributed by atoms with Crippen molar-refractivity contribution in [1.82, 2.24) is 31.1 Å². The molecular weight excluding hydrogens is 721 g/mol. The van der Waals surface area contributed by atoms with Crippen molar-refractivity contribution in [2.45, 2.75) is 207 Å². The summed E-state index contributed by atoms with van der Waals surface area (Å²) in [7, 11) is 0. The number of carbonyl (C=O) groups excluding carboxylic acids is 6. The molecule has 0 aromatic carbocycles. The molecule has 1 unspecified atom stereocenters. The number of hydrogen-bond acceptors (Lipinski definition) is 7. The summed E-state index contributed by atoms with van der Waals surface area (Å²) in [6, 6.07) is -3.91. The summed E-state index contributed by atoms with van der Waals surface area (Å²) < 4.78 is 0. The van der Waals surface area contributed by atoms with Crippen LogP contribution in [0, 0.1) is 27.6 Å². The Morgan fingerprint density at radius 2 is 1.40 bits per heavy atom. The van der Waals surface area contributed by atoms with Crippen molar-refractivity contribution in [3.8, 4) is 0 Å². The summed E-state index contributed by atoms with van der Waals surface area (Å²) in [6.07, 6.45) is 13.5. The van der Waals surface area contributed by atoms with Crippen molar-refractivity contribution in [2.75, 3.05) is 13.1 Å². The Kier molecular flexibility index (Phi) is 12.4. The van der Waals surface area contributed by atoms with Crippen LogP contribution in [0.3, 0.4) is 0 Å². The molecule has 320 valence electrons. The molecular formula is C45H74N6O6. The number of hydrogen-bond donors (Lipinski definition) is 4. The predicted molar refractivity (Wildman–Crippen MR) is 220 cm³/mol. The highest BCUT2D eigenvalue weighted by atomic mass is 16.2. The second kappa shape index (κ2) is 16.2. The molecule has 2 saturated heterocycles. The molecule has 4 N–H and O–H groups in total. The van der Waals surface area contributed by atoms with Gasteiger partial charge >= 0.3 is 0 Å². The number of Topliss-reactive ketones (excluding diaryl/α,β-unsaturated/α-hetero) is 1. The highest BCUT2D eigenvalue weighted by Crippen LogP contribution is 2.88. The van der Waals surface area contributed by atoms with Gasteiger partial charge in [0, 0.05) is 23.5 Å². The highest BCUT2D eigenvalue weighted by molar-refractivity contribution is 6.38. The summed E-state index contributed by atoms with van der Waals surface area (Å²) in [5.74, 6) is -2.60. The van der Waals surface area contributed by atoms with E-state index in [1.807, 2.05) is 27.7 Å². The quantitative estimate of drug-likeness (QED) is 0.167. The minimum Gasteiger partial charge on any atom is -0.347 e. The third kappa shape index (κ3) is 8.03. The summed E-state index contributed by atoms with van der Waals surface area (Å²) in [5, 5.41) is 12.1. The van der Waals surface area contributed by atoms with Crippen LogP contribution in [0.2, 0.25) is 0 Å². The van der Waals surface area contributed by atoms with Crippen LogP contribution in [0.4, 0.5) is 0 Å². The maximum Gasteiger partial charge on any atom is 0.289 e. The van der Waals surface area contributed by atoms with Gasteiger partial charge in [-0.2, -0.15) is 0 Å². The second-order valence-corrected chi connectivity index (χ2v) is 21.0. The van der Waals surface area contributed by atoms with Gasteiger partial charge in [-0.05, 0) is 113 Å². The van der Waals surface area contributed by atoms with E-state index in [1.165, 1.54) is 0 Å². The lowest BCUT2D eigenvalue weighted by Crippen LogP contribution is -2.63. The van der Waals surface area contributed by atoms with Gasteiger partial charge in [0.2, 0.25) is 29.4 Å². The average molecular weight is 795 g/mol. The van der Waals surface area contributed by atoms with Crippen LogP contribution in [0.25, 0.3) is 0 Å². The Morgan fingerprint density at radius 1 is 0.754 bits per heavy atom. The van der Waals surface area contributed by atoms with Gasteiger partial charge in [0.1, 0.15) is 18.1 Å². The fraction of sp³-hybridized carbons (Fsp3) is 0.867. The molecule has 12 nitrogen and oxygen atoms in total. The van der Waals surface area contributed by atoms with Crippen molar-refractivity contribution in [1.29, 1.82) is 0 Å². The first-order chi connectivity index (χ1) is 26.7. The van der Waals surface area contributed by atoms with E-state index in [2.05, 4.69) is 60.8 Å². The minimum absolute atomic E-state index is 0.0131. The number of rotatable bonds is 15. The molecule has 0 aromatic rings. The molecule has 0 bridgehead atoms. The lowest BCUT2D eigenvalue weighted by atomic mass is 9.73. The van der Waals surface area contributed by atoms with Crippen molar-refractivity contribution < 1.29 is 28.8 Å². The second-order valence-electron chi connectivity index (χ2n) is 21.0. The maximum atomic E-state index is 15.2. The summed E-state index contributed by atoms with van der Waals surface area (Å²) in [6.45, 7) is 19.9. The van der Waals surface area contributed by atoms with Crippen molar-refractivity contribution >= 4 is 35.3 Å². The van der Waals surface area contributed by atoms with Gasteiger partial charge in [0.05, 0.1) is 12.1 Å². The molecule has 2 aliphatic heterocycles. The smallest absolute Gasteiger partial charge is 0.289 e. The average Bonchev–Trinajstić information content (AvgIpc) is 3.81. The molecule has 6 fully saturated rings. The van der Waals surface area contributed by atoms with Crippen LogP contribution in [0.5, 0.6) is 0 Å². The van der Waals surface area contributed by atoms with Gasteiger partial charge in [-0.3, -0.25) is 33.7 Å². The van der Waals surface area contributed by atoms with E-state index in [0.29, 0.717) is 25.8 Å². The van der Waals surface area contributed by atoms with Gasteiger partial charge in [-0.1, -0.05) is 80.6 Å². The van der Waals surface area contributed by atoms with Crippen LogP contribution >= 0.6 is 0 Å². The van der Waals surface area contributed by atoms with Gasteiger partial charge in [0.25, 0.3) is 5.91 Å². The predicted octanol–water partition coefficient (Wildman–Crippen LogP) is 5.17. The van der Waals surface area contributed by atoms with Crippen molar-refractivity contribution in [3.63, 3.8) is 0 Å². The topological polar surface area (TPSA) is 157 Å². The zero-order valence-corrected chi connectivity index (χ0v) is 36.6. The minimum atomic E-state index is -0.990. The zero-order valence-electron chi connectivity index (χ0n) is 36.6. The number of nitrogens with one attached hydrogen (secondary N) is 4. The summed E-state index contributed by atoms with van der Waals surface area (Å²) >= 11 is 0. The normalized spacial score (nSPS) is 28.6. The number of fused-ring (bicyclic) bond motifs is 1. The fourth-order valence-corrected chi connectivity index (χ4v) is 11.7. The van der Waals surface area contributed by atoms with Crippen molar-refractivity contribution in [2.24, 2.45) is 27.6 Å². The van der Waals surface area contributed by atoms with Gasteiger partial charge in [0.15, 0.2) is 0 Å². The lowest BCUT2D eigenvalue weighted by molar-refractivity contribution is -0.145. The fourth-order valence-electron chi connectivity index (χ4n) is 11.7. The molecule has 57 heavy (non-hydrogen) atoms. The SMILES string of the molecule is CCC[C@H](NC(=O)[C@@H]1C[C@@]2(CN1C(=O)[C@@H](NC(=O)C(NC(=O)[C@@H]1CCCN1C(C)(C)CC)C1CCCCC1)C(C)(C)C)C(C)(C)C21CCC1)C(=O)C(=O)NC1CC1. The Hall–Kier alpha value is -3.02. The number of likely N-dealkylation sites (tertiary alicyclic amines) is 2. The monoisotopic (exact) mass is 795 g/mol. The molecule has 2 spiro atoms. The number of nitrogens with zero attached hydrogens (tertiary/aromatic N) is 2. The van der Waals surface area contributed by atoms with Crippen LogP contribution in [-0.2, 0) is 28.8 Å². The van der Waals surface area contributed by atoms with E-state index in [4.69, 9.17) is 0 Å². The van der Waals surface area contributed by atoms with Gasteiger partial charge in [-0.25, -0.2) is 0 Å². The van der Waals surface area contributed by atoms with Gasteiger partial charge < -0.3 is 26.2 Å². The molecule has 12 heteroatoms. The molecule has 5 amide bonds. The van der Waals surface area contributed by atoms with E-state index in [0.717, 1.165) is 90.0 Å². The molecule has 6 atom stereocenters. The zero-order chi connectivity index (χ0) is 41.7. The third-order valence-corrected chi connectivity index (χ3v) is 16.0. The number of ketones is 1. The number of amides is 5. The summed E-state index contributed by atoms with van der Waals surface area (Å²) in [4.78, 5) is 88.7. The lowest BCUT2D eigenvalue weighted by Gasteiger charge is -2.40. The van der Waals surface area contributed by atoms with Crippen LogP contribution in [-0.4, -0.2) is 100.0 Å². The van der Waals surface area contributed by atoms with Crippen molar-refractivity contribution in [3.05, 3.63) is 0 Å². The van der Waals surface area contributed by atoms with Crippen LogP contribution in [0.15, 0.2) is 0 Å². The first-order valence-corrected chi connectivity index (χ1v) is 22.6. The molecule has 4 saturated carbocycles. The summed E-state index contributed by atoms with van der Waals surface area (Å²) in [5.41, 5.74) is -1.21. The molecule has 4 aliphatic carbocycles. The van der Waals surface area contributed by atoms with E-state index in [-0.39, 0.29) is 57.5 Å². The highest BCUT2D eigenvalue weighted by Gasteiger charge is 2.85. The van der Waals surface area contributed by atoms with Gasteiger partial charge in [-0.15, -0.1) is 0 Å². The largest absolute Gasteiger partial charge is 0.347 e. The molecule has 6 aliphatic rings. The Morgan fingerprint density at radius 3 is 1.95 bits per heavy atom. The van der Waals surface area contributed by atoms with E-state index < -0.39 is 47.2 Å². The first-order valence-electron chi connectivity index (χ1n) is 22.6. The first kappa shape index (κ1) is 43.6. The van der Waals surface area contributed by atoms with E-state index >= 15 is 4.79 Å². The Balaban J connectivity index is 1.26. The maximum absolute atomic E-state index is 15.2. The van der Waals surface area contributed by atoms with Crippen LogP contribution < -0.4 is 21.3 Å². The molecule has 2 heterocycles. The standard InChI is InChI=1S/C45H74N6O6/c1-10-17-30(34(52)39(56)46-29-21-22-29)47-37(54)32-26-45(43(8,9)44(45)23-16-24-44)27-50(32)40(57)35(41(3,4)5)49-38(55)33(28-18-13-12-14-19-28)48-36(53)31-20-15-25-51(31)42(6,7)11-2/h28-33,35H,10-27H2,1-9H3,(H,46,56)(H,47,54)(H,48,53)(H,49,55)/t30-,31-,32-,33?,35+,45+/m0/s1. The van der Waals surface area contributed by atoms with Crippen LogP contribution in [0.1, 0.15) is 165 Å². The molecule has 0 aromatic heterocycles. The Bertz CT molecular complexity index is 1570. The molecule has 0 radical (unpaired) electrons. The Labute approximate surface area is 341 Å². The third-order valence-electron chi connectivity index (χ3n) is 16.0. The van der Waals surface area contributed by atoms with E-state index in [1.54, 1.807) is 4.90 Å². The molecule has 6 rings (SSSR count). The van der Waals surface area contributed by atoms with E-state index in [9.17, 15) is 24.0 Å². The number of carbonyl (C=O) groups is 6.